The first kappa shape index (κ1) is 15.0. The van der Waals surface area contributed by atoms with Crippen LogP contribution in [0.3, 0.4) is 0 Å². The number of sulfonamides is 1. The SMILES string of the molecule is CCOC(=O)c1c(S(=O)(=O)NCC2CC2)n[nH]c1CC. The highest BCUT2D eigenvalue weighted by molar-refractivity contribution is 7.89. The van der Waals surface area contributed by atoms with Crippen molar-refractivity contribution in [2.75, 3.05) is 13.2 Å². The molecule has 1 aromatic rings. The number of aromatic amines is 1. The van der Waals surface area contributed by atoms with Crippen molar-refractivity contribution in [3.05, 3.63) is 11.3 Å². The van der Waals surface area contributed by atoms with Crippen molar-refractivity contribution in [3.63, 3.8) is 0 Å². The van der Waals surface area contributed by atoms with E-state index >= 15 is 0 Å². The number of nitrogens with one attached hydrogen (secondary N) is 2. The van der Waals surface area contributed by atoms with E-state index in [9.17, 15) is 13.2 Å². The summed E-state index contributed by atoms with van der Waals surface area (Å²) in [5.41, 5.74) is 0.480. The van der Waals surface area contributed by atoms with Gasteiger partial charge in [-0.3, -0.25) is 5.10 Å². The third-order valence-electron chi connectivity index (χ3n) is 3.15. The summed E-state index contributed by atoms with van der Waals surface area (Å²) in [5.74, 6) is -0.259. The monoisotopic (exact) mass is 301 g/mol. The van der Waals surface area contributed by atoms with Gasteiger partial charge in [-0.2, -0.15) is 5.10 Å². The Labute approximate surface area is 118 Å². The molecule has 8 heteroatoms. The van der Waals surface area contributed by atoms with Crippen LogP contribution in [0.5, 0.6) is 0 Å². The van der Waals surface area contributed by atoms with Crippen molar-refractivity contribution >= 4 is 16.0 Å². The van der Waals surface area contributed by atoms with Gasteiger partial charge in [0.2, 0.25) is 5.03 Å². The van der Waals surface area contributed by atoms with Crippen LogP contribution in [0.2, 0.25) is 0 Å². The van der Waals surface area contributed by atoms with Crippen LogP contribution in [0.25, 0.3) is 0 Å². The predicted octanol–water partition coefficient (Wildman–Crippen LogP) is 0.837. The van der Waals surface area contributed by atoms with E-state index in [1.165, 1.54) is 0 Å². The lowest BCUT2D eigenvalue weighted by Crippen LogP contribution is -2.28. The molecule has 1 saturated carbocycles. The normalized spacial score (nSPS) is 15.3. The Bertz CT molecular complexity index is 590. The van der Waals surface area contributed by atoms with Gasteiger partial charge < -0.3 is 4.74 Å². The highest BCUT2D eigenvalue weighted by atomic mass is 32.2. The second kappa shape index (κ2) is 5.92. The lowest BCUT2D eigenvalue weighted by atomic mass is 10.2. The van der Waals surface area contributed by atoms with E-state index in [2.05, 4.69) is 14.9 Å². The average molecular weight is 301 g/mol. The third-order valence-corrected chi connectivity index (χ3v) is 4.51. The Morgan fingerprint density at radius 1 is 1.45 bits per heavy atom. The number of carbonyl (C=O) groups is 1. The van der Waals surface area contributed by atoms with Gasteiger partial charge in [-0.25, -0.2) is 17.9 Å². The Kier molecular flexibility index (Phi) is 4.44. The molecule has 1 aliphatic carbocycles. The molecule has 0 atom stereocenters. The van der Waals surface area contributed by atoms with Crippen LogP contribution in [0, 0.1) is 5.92 Å². The number of aryl methyl sites for hydroxylation is 1. The molecule has 2 N–H and O–H groups in total. The molecular weight excluding hydrogens is 282 g/mol. The number of hydrogen-bond acceptors (Lipinski definition) is 5. The van der Waals surface area contributed by atoms with Gasteiger partial charge >= 0.3 is 5.97 Å². The molecule has 0 aromatic carbocycles. The first-order valence-corrected chi connectivity index (χ1v) is 8.21. The highest BCUT2D eigenvalue weighted by Crippen LogP contribution is 2.28. The van der Waals surface area contributed by atoms with E-state index in [0.29, 0.717) is 24.6 Å². The maximum Gasteiger partial charge on any atom is 0.343 e. The molecule has 112 valence electrons. The summed E-state index contributed by atoms with van der Waals surface area (Å²) in [5, 5.41) is 6.12. The van der Waals surface area contributed by atoms with Crippen LogP contribution >= 0.6 is 0 Å². The molecule has 1 aliphatic rings. The minimum atomic E-state index is -3.79. The minimum Gasteiger partial charge on any atom is -0.462 e. The summed E-state index contributed by atoms with van der Waals surface area (Å²) in [4.78, 5) is 11.9. The fourth-order valence-electron chi connectivity index (χ4n) is 1.84. The van der Waals surface area contributed by atoms with Gasteiger partial charge in [0.25, 0.3) is 10.0 Å². The summed E-state index contributed by atoms with van der Waals surface area (Å²) < 4.78 is 31.8. The second-order valence-electron chi connectivity index (χ2n) is 4.75. The molecule has 0 spiro atoms. The molecule has 0 saturated heterocycles. The molecule has 1 aromatic heterocycles. The smallest absolute Gasteiger partial charge is 0.343 e. The number of esters is 1. The van der Waals surface area contributed by atoms with E-state index in [1.54, 1.807) is 6.92 Å². The standard InChI is InChI=1S/C12H19N3O4S/c1-3-9-10(12(16)19-4-2)11(15-14-9)20(17,18)13-7-8-5-6-8/h8,13H,3-7H2,1-2H3,(H,14,15). The fourth-order valence-corrected chi connectivity index (χ4v) is 3.07. The quantitative estimate of drug-likeness (QED) is 0.727. The van der Waals surface area contributed by atoms with Gasteiger partial charge in [0.05, 0.1) is 12.3 Å². The summed E-state index contributed by atoms with van der Waals surface area (Å²) in [6.45, 7) is 4.05. The van der Waals surface area contributed by atoms with Gasteiger partial charge in [-0.15, -0.1) is 0 Å². The third kappa shape index (κ3) is 3.18. The molecule has 0 bridgehead atoms. The van der Waals surface area contributed by atoms with Crippen LogP contribution < -0.4 is 4.72 Å². The number of aromatic nitrogens is 2. The zero-order valence-electron chi connectivity index (χ0n) is 11.6. The molecule has 0 radical (unpaired) electrons. The molecule has 0 unspecified atom stereocenters. The predicted molar refractivity (Wildman–Crippen MR) is 71.8 cm³/mol. The van der Waals surface area contributed by atoms with Gasteiger partial charge in [-0.1, -0.05) is 6.92 Å². The van der Waals surface area contributed by atoms with E-state index in [0.717, 1.165) is 12.8 Å². The topological polar surface area (TPSA) is 101 Å². The van der Waals surface area contributed by atoms with Crippen molar-refractivity contribution in [2.45, 2.75) is 38.1 Å². The van der Waals surface area contributed by atoms with Gasteiger partial charge in [0.1, 0.15) is 5.56 Å². The maximum atomic E-state index is 12.2. The molecular formula is C12H19N3O4S. The Morgan fingerprint density at radius 2 is 2.15 bits per heavy atom. The van der Waals surface area contributed by atoms with Crippen LogP contribution in [-0.2, 0) is 21.2 Å². The summed E-state index contributed by atoms with van der Waals surface area (Å²) in [6.07, 6.45) is 2.54. The van der Waals surface area contributed by atoms with Gasteiger partial charge in [0.15, 0.2) is 0 Å². The lowest BCUT2D eigenvalue weighted by molar-refractivity contribution is 0.0520. The number of hydrogen-bond donors (Lipinski definition) is 2. The zero-order chi connectivity index (χ0) is 14.8. The molecule has 7 nitrogen and oxygen atoms in total. The number of nitrogens with zero attached hydrogens (tertiary/aromatic N) is 1. The number of carbonyl (C=O) groups excluding carboxylic acids is 1. The van der Waals surface area contributed by atoms with Crippen molar-refractivity contribution in [1.29, 1.82) is 0 Å². The number of H-pyrrole nitrogens is 1. The van der Waals surface area contributed by atoms with Gasteiger partial charge in [-0.05, 0) is 32.1 Å². The Balaban J connectivity index is 2.29. The van der Waals surface area contributed by atoms with Gasteiger partial charge in [0, 0.05) is 6.54 Å². The zero-order valence-corrected chi connectivity index (χ0v) is 12.4. The van der Waals surface area contributed by atoms with Crippen LogP contribution in [0.15, 0.2) is 5.03 Å². The van der Waals surface area contributed by atoms with E-state index in [1.807, 2.05) is 6.92 Å². The molecule has 0 amide bonds. The van der Waals surface area contributed by atoms with Crippen LogP contribution in [0.1, 0.15) is 42.7 Å². The second-order valence-corrected chi connectivity index (χ2v) is 6.43. The average Bonchev–Trinajstić information content (AvgIpc) is 3.13. The van der Waals surface area contributed by atoms with E-state index in [4.69, 9.17) is 4.74 Å². The van der Waals surface area contributed by atoms with Crippen molar-refractivity contribution < 1.29 is 17.9 Å². The van der Waals surface area contributed by atoms with Crippen molar-refractivity contribution in [3.8, 4) is 0 Å². The Hall–Kier alpha value is -1.41. The number of ether oxygens (including phenoxy) is 1. The molecule has 1 fully saturated rings. The lowest BCUT2D eigenvalue weighted by Gasteiger charge is -2.06. The Morgan fingerprint density at radius 3 is 2.70 bits per heavy atom. The first-order chi connectivity index (χ1) is 9.49. The fraction of sp³-hybridized carbons (Fsp3) is 0.667. The molecule has 1 heterocycles. The van der Waals surface area contributed by atoms with Crippen LogP contribution in [0.4, 0.5) is 0 Å². The molecule has 20 heavy (non-hydrogen) atoms. The minimum absolute atomic E-state index is 0.0117. The van der Waals surface area contributed by atoms with Crippen LogP contribution in [-0.4, -0.2) is 37.7 Å². The summed E-state index contributed by atoms with van der Waals surface area (Å²) in [7, 11) is -3.79. The van der Waals surface area contributed by atoms with Crippen molar-refractivity contribution in [1.82, 2.24) is 14.9 Å². The maximum absolute atomic E-state index is 12.2. The summed E-state index contributed by atoms with van der Waals surface area (Å²) in [6, 6.07) is 0. The largest absolute Gasteiger partial charge is 0.462 e. The first-order valence-electron chi connectivity index (χ1n) is 6.73. The van der Waals surface area contributed by atoms with E-state index < -0.39 is 16.0 Å². The van der Waals surface area contributed by atoms with E-state index in [-0.39, 0.29) is 17.2 Å². The molecule has 2 rings (SSSR count). The van der Waals surface area contributed by atoms with Crippen molar-refractivity contribution in [2.24, 2.45) is 5.92 Å². The highest BCUT2D eigenvalue weighted by Gasteiger charge is 2.31. The number of rotatable bonds is 7. The molecule has 0 aliphatic heterocycles. The summed E-state index contributed by atoms with van der Waals surface area (Å²) >= 11 is 0.